The van der Waals surface area contributed by atoms with Crippen molar-refractivity contribution >= 4 is 0 Å². The van der Waals surface area contributed by atoms with Gasteiger partial charge in [0.25, 0.3) is 0 Å². The lowest BCUT2D eigenvalue weighted by atomic mass is 10.0. The molecule has 14 heavy (non-hydrogen) atoms. The fourth-order valence-electron chi connectivity index (χ4n) is 1.35. The molecule has 0 saturated heterocycles. The number of hydrogen-bond donors (Lipinski definition) is 0. The number of hydrogen-bond acceptors (Lipinski definition) is 1. The molecule has 1 aromatic carbocycles. The number of benzene rings is 1. The van der Waals surface area contributed by atoms with Gasteiger partial charge in [0.1, 0.15) is 12.4 Å². The minimum Gasteiger partial charge on any atom is -0.490 e. The number of aryl methyl sites for hydroxylation is 1. The van der Waals surface area contributed by atoms with Crippen LogP contribution in [0.25, 0.3) is 0 Å². The first-order chi connectivity index (χ1) is 6.63. The molecule has 0 spiro atoms. The van der Waals surface area contributed by atoms with Crippen molar-refractivity contribution in [3.63, 3.8) is 0 Å². The highest BCUT2D eigenvalue weighted by Gasteiger charge is 2.02. The number of ether oxygens (including phenoxy) is 1. The van der Waals surface area contributed by atoms with Gasteiger partial charge in [-0.2, -0.15) is 0 Å². The zero-order chi connectivity index (χ0) is 10.6. The van der Waals surface area contributed by atoms with Crippen molar-refractivity contribution in [2.45, 2.75) is 26.7 Å². The van der Waals surface area contributed by atoms with Gasteiger partial charge in [-0.05, 0) is 36.1 Å². The van der Waals surface area contributed by atoms with Crippen molar-refractivity contribution in [1.29, 1.82) is 0 Å². The lowest BCUT2D eigenvalue weighted by Crippen LogP contribution is -1.96. The average Bonchev–Trinajstić information content (AvgIpc) is 2.14. The van der Waals surface area contributed by atoms with Crippen molar-refractivity contribution in [3.05, 3.63) is 42.0 Å². The Hall–Kier alpha value is -1.24. The molecule has 0 aliphatic rings. The van der Waals surface area contributed by atoms with Crippen LogP contribution in [-0.4, -0.2) is 6.61 Å². The topological polar surface area (TPSA) is 9.23 Å². The largest absolute Gasteiger partial charge is 0.490 e. The third kappa shape index (κ3) is 2.91. The average molecular weight is 190 g/mol. The molecule has 0 atom stereocenters. The van der Waals surface area contributed by atoms with E-state index in [9.17, 15) is 0 Å². The Bertz CT molecular complexity index is 313. The summed E-state index contributed by atoms with van der Waals surface area (Å²) >= 11 is 0. The molecule has 0 N–H and O–H groups in total. The van der Waals surface area contributed by atoms with E-state index >= 15 is 0 Å². The molecular formula is C13H18O. The Morgan fingerprint density at radius 1 is 1.36 bits per heavy atom. The van der Waals surface area contributed by atoms with Crippen LogP contribution in [0.3, 0.4) is 0 Å². The highest BCUT2D eigenvalue weighted by atomic mass is 16.5. The summed E-state index contributed by atoms with van der Waals surface area (Å²) < 4.78 is 5.51. The van der Waals surface area contributed by atoms with Crippen LogP contribution < -0.4 is 4.74 Å². The zero-order valence-corrected chi connectivity index (χ0v) is 9.21. The summed E-state index contributed by atoms with van der Waals surface area (Å²) in [5.74, 6) is 1.48. The Balaban J connectivity index is 2.89. The Morgan fingerprint density at radius 3 is 2.64 bits per heavy atom. The van der Waals surface area contributed by atoms with Crippen LogP contribution in [0.2, 0.25) is 0 Å². The molecule has 0 unspecified atom stereocenters. The Morgan fingerprint density at radius 2 is 2.07 bits per heavy atom. The van der Waals surface area contributed by atoms with E-state index in [-0.39, 0.29) is 0 Å². The van der Waals surface area contributed by atoms with E-state index < -0.39 is 0 Å². The molecule has 0 saturated carbocycles. The van der Waals surface area contributed by atoms with Gasteiger partial charge < -0.3 is 4.74 Å². The maximum atomic E-state index is 5.51. The van der Waals surface area contributed by atoms with Gasteiger partial charge in [0.2, 0.25) is 0 Å². The van der Waals surface area contributed by atoms with Gasteiger partial charge in [0.15, 0.2) is 0 Å². The second kappa shape index (κ2) is 4.85. The first kappa shape index (κ1) is 10.8. The quantitative estimate of drug-likeness (QED) is 0.658. The minimum atomic E-state index is 0.543. The highest BCUT2D eigenvalue weighted by molar-refractivity contribution is 5.35. The first-order valence-corrected chi connectivity index (χ1v) is 4.98. The zero-order valence-electron chi connectivity index (χ0n) is 9.21. The predicted octanol–water partition coefficient (Wildman–Crippen LogP) is 3.68. The molecule has 0 radical (unpaired) electrons. The minimum absolute atomic E-state index is 0.543. The van der Waals surface area contributed by atoms with Crippen LogP contribution in [0.1, 0.15) is 30.9 Å². The van der Waals surface area contributed by atoms with Gasteiger partial charge in [-0.25, -0.2) is 0 Å². The molecule has 0 aromatic heterocycles. The normalized spacial score (nSPS) is 10.3. The molecule has 0 heterocycles. The van der Waals surface area contributed by atoms with Crippen LogP contribution in [0.4, 0.5) is 0 Å². The maximum absolute atomic E-state index is 5.51. The van der Waals surface area contributed by atoms with E-state index in [1.54, 1.807) is 6.08 Å². The van der Waals surface area contributed by atoms with Crippen molar-refractivity contribution in [2.75, 3.05) is 6.61 Å². The molecular weight excluding hydrogens is 172 g/mol. The Kier molecular flexibility index (Phi) is 3.75. The van der Waals surface area contributed by atoms with Gasteiger partial charge in [-0.15, -0.1) is 0 Å². The summed E-state index contributed by atoms with van der Waals surface area (Å²) in [4.78, 5) is 0. The molecule has 1 heteroatoms. The second-order valence-corrected chi connectivity index (χ2v) is 3.83. The third-order valence-corrected chi connectivity index (χ3v) is 2.11. The summed E-state index contributed by atoms with van der Waals surface area (Å²) in [7, 11) is 0. The molecule has 1 rings (SSSR count). The molecule has 1 nitrogen and oxygen atoms in total. The van der Waals surface area contributed by atoms with E-state index in [0.717, 1.165) is 5.75 Å². The molecule has 0 fully saturated rings. The molecule has 1 aromatic rings. The first-order valence-electron chi connectivity index (χ1n) is 4.98. The molecule has 0 bridgehead atoms. The summed E-state index contributed by atoms with van der Waals surface area (Å²) in [6.07, 6.45) is 1.76. The summed E-state index contributed by atoms with van der Waals surface area (Å²) in [6, 6.07) is 6.35. The van der Waals surface area contributed by atoms with Gasteiger partial charge in [0, 0.05) is 0 Å². The highest BCUT2D eigenvalue weighted by Crippen LogP contribution is 2.22. The van der Waals surface area contributed by atoms with Gasteiger partial charge in [0.05, 0.1) is 0 Å². The van der Waals surface area contributed by atoms with Gasteiger partial charge in [-0.3, -0.25) is 0 Å². The van der Waals surface area contributed by atoms with E-state index in [2.05, 4.69) is 45.5 Å². The molecule has 0 aliphatic heterocycles. The predicted molar refractivity (Wildman–Crippen MR) is 61.0 cm³/mol. The van der Waals surface area contributed by atoms with Crippen molar-refractivity contribution in [3.8, 4) is 5.75 Å². The Labute approximate surface area is 86.4 Å². The van der Waals surface area contributed by atoms with E-state index in [1.165, 1.54) is 11.1 Å². The SMILES string of the molecule is C=CCOc1cc(C)cc(C(C)C)c1. The monoisotopic (exact) mass is 190 g/mol. The van der Waals surface area contributed by atoms with Crippen LogP contribution >= 0.6 is 0 Å². The van der Waals surface area contributed by atoms with E-state index in [4.69, 9.17) is 4.74 Å². The molecule has 0 aliphatic carbocycles. The smallest absolute Gasteiger partial charge is 0.120 e. The van der Waals surface area contributed by atoms with E-state index in [1.807, 2.05) is 0 Å². The van der Waals surface area contributed by atoms with Crippen LogP contribution in [0, 0.1) is 6.92 Å². The fraction of sp³-hybridized carbons (Fsp3) is 0.385. The van der Waals surface area contributed by atoms with Crippen molar-refractivity contribution < 1.29 is 4.74 Å². The van der Waals surface area contributed by atoms with Crippen LogP contribution in [0.15, 0.2) is 30.9 Å². The van der Waals surface area contributed by atoms with Crippen molar-refractivity contribution in [1.82, 2.24) is 0 Å². The summed E-state index contributed by atoms with van der Waals surface area (Å²) in [5, 5.41) is 0. The third-order valence-electron chi connectivity index (χ3n) is 2.11. The summed E-state index contributed by atoms with van der Waals surface area (Å²) in [6.45, 7) is 10.7. The van der Waals surface area contributed by atoms with Gasteiger partial charge >= 0.3 is 0 Å². The molecule has 76 valence electrons. The lowest BCUT2D eigenvalue weighted by Gasteiger charge is -2.10. The van der Waals surface area contributed by atoms with E-state index in [0.29, 0.717) is 12.5 Å². The summed E-state index contributed by atoms with van der Waals surface area (Å²) in [5.41, 5.74) is 2.57. The number of rotatable bonds is 4. The van der Waals surface area contributed by atoms with Gasteiger partial charge in [-0.1, -0.05) is 32.6 Å². The maximum Gasteiger partial charge on any atom is 0.120 e. The van der Waals surface area contributed by atoms with Crippen molar-refractivity contribution in [2.24, 2.45) is 0 Å². The molecule has 0 amide bonds. The fourth-order valence-corrected chi connectivity index (χ4v) is 1.35. The lowest BCUT2D eigenvalue weighted by molar-refractivity contribution is 0.362. The standard InChI is InChI=1S/C13H18O/c1-5-6-14-13-8-11(4)7-12(9-13)10(2)3/h5,7-10H,1,6H2,2-4H3. The second-order valence-electron chi connectivity index (χ2n) is 3.83. The van der Waals surface area contributed by atoms with Crippen LogP contribution in [0.5, 0.6) is 5.75 Å². The van der Waals surface area contributed by atoms with Crippen LogP contribution in [-0.2, 0) is 0 Å².